The lowest BCUT2D eigenvalue weighted by Crippen LogP contribution is -2.39. The normalized spacial score (nSPS) is 18.8. The van der Waals surface area contributed by atoms with E-state index in [4.69, 9.17) is 0 Å². The third-order valence-corrected chi connectivity index (χ3v) is 4.90. The number of aliphatic imine (C=N–C) groups is 1. The molecule has 3 N–H and O–H groups in total. The lowest BCUT2D eigenvalue weighted by Gasteiger charge is -2.32. The molecule has 2 heterocycles. The van der Waals surface area contributed by atoms with Crippen molar-refractivity contribution >= 4 is 17.7 Å². The summed E-state index contributed by atoms with van der Waals surface area (Å²) in [6.45, 7) is 0. The molecule has 2 aromatic carbocycles. The summed E-state index contributed by atoms with van der Waals surface area (Å²) in [4.78, 5) is 27.8. The van der Waals surface area contributed by atoms with Crippen molar-refractivity contribution in [1.29, 1.82) is 0 Å². The molecule has 0 saturated heterocycles. The van der Waals surface area contributed by atoms with Crippen molar-refractivity contribution in [3.05, 3.63) is 83.2 Å². The zero-order valence-electron chi connectivity index (χ0n) is 15.5. The number of amides is 2. The molecule has 1 aromatic heterocycles. The number of carboxylic acids is 1. The molecule has 0 saturated carbocycles. The van der Waals surface area contributed by atoms with Crippen LogP contribution in [0.5, 0.6) is 5.75 Å². The number of aromatic hydroxyl groups is 1. The van der Waals surface area contributed by atoms with E-state index in [0.29, 0.717) is 16.8 Å². The van der Waals surface area contributed by atoms with Crippen molar-refractivity contribution in [3.63, 3.8) is 0 Å². The van der Waals surface area contributed by atoms with E-state index >= 15 is 0 Å². The van der Waals surface area contributed by atoms with Crippen LogP contribution in [0.15, 0.2) is 65.9 Å². The summed E-state index contributed by atoms with van der Waals surface area (Å²) < 4.78 is 1.63. The van der Waals surface area contributed by atoms with Crippen LogP contribution >= 0.6 is 0 Å². The van der Waals surface area contributed by atoms with Crippen molar-refractivity contribution in [2.75, 3.05) is 0 Å². The van der Waals surface area contributed by atoms with Crippen molar-refractivity contribution in [2.24, 2.45) is 12.0 Å². The Kier molecular flexibility index (Phi) is 4.59. The lowest BCUT2D eigenvalue weighted by molar-refractivity contribution is 0.0693. The molecule has 146 valence electrons. The van der Waals surface area contributed by atoms with E-state index in [1.807, 2.05) is 30.3 Å². The van der Waals surface area contributed by atoms with Gasteiger partial charge in [0.15, 0.2) is 0 Å². The second kappa shape index (κ2) is 7.23. The van der Waals surface area contributed by atoms with Crippen LogP contribution in [-0.2, 0) is 7.05 Å². The second-order valence-corrected chi connectivity index (χ2v) is 6.80. The van der Waals surface area contributed by atoms with Gasteiger partial charge in [-0.1, -0.05) is 36.4 Å². The molecule has 0 aliphatic carbocycles. The number of nitrogens with one attached hydrogen (secondary N) is 1. The number of nitrogens with zero attached hydrogens (tertiary/aromatic N) is 3. The van der Waals surface area contributed by atoms with E-state index in [0.717, 1.165) is 5.56 Å². The number of aromatic carboxylic acids is 1. The van der Waals surface area contributed by atoms with Crippen LogP contribution in [0.2, 0.25) is 0 Å². The van der Waals surface area contributed by atoms with Crippen molar-refractivity contribution in [1.82, 2.24) is 15.1 Å². The van der Waals surface area contributed by atoms with Gasteiger partial charge in [0, 0.05) is 18.8 Å². The quantitative estimate of drug-likeness (QED) is 0.633. The molecular formula is C21H18N4O4. The molecule has 2 amide bonds. The number of aryl methyl sites for hydroxylation is 1. The van der Waals surface area contributed by atoms with Crippen LogP contribution in [0.3, 0.4) is 0 Å². The fourth-order valence-electron chi connectivity index (χ4n) is 3.59. The number of hydrogen-bond acceptors (Lipinski definition) is 4. The fourth-order valence-corrected chi connectivity index (χ4v) is 3.59. The maximum atomic E-state index is 12.4. The van der Waals surface area contributed by atoms with Gasteiger partial charge in [-0.15, -0.1) is 0 Å². The van der Waals surface area contributed by atoms with E-state index in [-0.39, 0.29) is 17.2 Å². The van der Waals surface area contributed by atoms with Gasteiger partial charge in [-0.2, -0.15) is 10.1 Å². The summed E-state index contributed by atoms with van der Waals surface area (Å²) >= 11 is 0. The number of hydrogen-bond donors (Lipinski definition) is 3. The maximum absolute atomic E-state index is 12.4. The topological polar surface area (TPSA) is 117 Å². The van der Waals surface area contributed by atoms with Gasteiger partial charge in [-0.25, -0.2) is 9.59 Å². The molecule has 4 rings (SSSR count). The number of phenols is 1. The standard InChI is InChI=1S/C21H18N4O4/c1-25-11-14(10-22-25)19-17(12-5-3-2-4-6-12)18(23-21(29)24-19)13-7-8-15(20(27)28)16(26)9-13/h2-11,17-18,26H,1H3,(H,23,29)(H,27,28). The van der Waals surface area contributed by atoms with E-state index in [9.17, 15) is 19.8 Å². The minimum atomic E-state index is -1.22. The number of rotatable bonds is 4. The number of carbonyl (C=O) groups is 2. The highest BCUT2D eigenvalue weighted by atomic mass is 16.4. The average Bonchev–Trinajstić information content (AvgIpc) is 3.14. The van der Waals surface area contributed by atoms with Gasteiger partial charge < -0.3 is 15.5 Å². The SMILES string of the molecule is Cn1cc(C2=NC(=O)NC(c3ccc(C(=O)O)c(O)c3)C2c2ccccc2)cn1. The summed E-state index contributed by atoms with van der Waals surface area (Å²) in [5.74, 6) is -1.94. The molecule has 8 nitrogen and oxygen atoms in total. The van der Waals surface area contributed by atoms with Gasteiger partial charge in [0.2, 0.25) is 0 Å². The fraction of sp³-hybridized carbons (Fsp3) is 0.143. The Morgan fingerprint density at radius 3 is 2.52 bits per heavy atom. The zero-order valence-corrected chi connectivity index (χ0v) is 15.5. The van der Waals surface area contributed by atoms with E-state index in [1.54, 1.807) is 30.2 Å². The number of carbonyl (C=O) groups excluding carboxylic acids is 1. The molecule has 1 aliphatic rings. The number of urea groups is 1. The van der Waals surface area contributed by atoms with Gasteiger partial charge in [0.05, 0.1) is 23.9 Å². The Bertz CT molecular complexity index is 1120. The monoisotopic (exact) mass is 390 g/mol. The molecular weight excluding hydrogens is 372 g/mol. The van der Waals surface area contributed by atoms with Gasteiger partial charge in [-0.05, 0) is 23.3 Å². The molecule has 0 fully saturated rings. The highest BCUT2D eigenvalue weighted by Crippen LogP contribution is 2.38. The van der Waals surface area contributed by atoms with E-state index in [2.05, 4.69) is 15.4 Å². The summed E-state index contributed by atoms with van der Waals surface area (Å²) in [7, 11) is 1.78. The van der Waals surface area contributed by atoms with Crippen molar-refractivity contribution in [3.8, 4) is 5.75 Å². The van der Waals surface area contributed by atoms with Crippen molar-refractivity contribution < 1.29 is 19.8 Å². The second-order valence-electron chi connectivity index (χ2n) is 6.80. The number of aromatic nitrogens is 2. The summed E-state index contributed by atoms with van der Waals surface area (Å²) in [6.07, 6.45) is 3.44. The largest absolute Gasteiger partial charge is 0.507 e. The lowest BCUT2D eigenvalue weighted by atomic mass is 9.80. The van der Waals surface area contributed by atoms with Gasteiger partial charge in [0.1, 0.15) is 11.3 Å². The maximum Gasteiger partial charge on any atom is 0.341 e. The molecule has 0 bridgehead atoms. The molecule has 2 atom stereocenters. The Morgan fingerprint density at radius 2 is 1.90 bits per heavy atom. The predicted molar refractivity (Wildman–Crippen MR) is 105 cm³/mol. The first-order valence-electron chi connectivity index (χ1n) is 8.93. The van der Waals surface area contributed by atoms with E-state index in [1.165, 1.54) is 12.1 Å². The minimum absolute atomic E-state index is 0.201. The van der Waals surface area contributed by atoms with Crippen LogP contribution in [-0.4, -0.2) is 37.7 Å². The summed E-state index contributed by atoms with van der Waals surface area (Å²) in [5, 5.41) is 26.4. The summed E-state index contributed by atoms with van der Waals surface area (Å²) in [6, 6.07) is 12.8. The van der Waals surface area contributed by atoms with Crippen LogP contribution in [0.25, 0.3) is 0 Å². The first-order valence-corrected chi connectivity index (χ1v) is 8.93. The average molecular weight is 390 g/mol. The third kappa shape index (κ3) is 3.47. The summed E-state index contributed by atoms with van der Waals surface area (Å²) in [5.41, 5.74) is 2.56. The molecule has 8 heteroatoms. The van der Waals surface area contributed by atoms with Crippen LogP contribution in [0.1, 0.15) is 39.0 Å². The van der Waals surface area contributed by atoms with Gasteiger partial charge >= 0.3 is 12.0 Å². The molecule has 0 radical (unpaired) electrons. The first-order chi connectivity index (χ1) is 13.9. The Balaban J connectivity index is 1.86. The van der Waals surface area contributed by atoms with Gasteiger partial charge in [-0.3, -0.25) is 4.68 Å². The van der Waals surface area contributed by atoms with Crippen LogP contribution in [0.4, 0.5) is 4.79 Å². The Hall–Kier alpha value is -3.94. The first kappa shape index (κ1) is 18.4. The van der Waals surface area contributed by atoms with Crippen molar-refractivity contribution in [2.45, 2.75) is 12.0 Å². The zero-order chi connectivity index (χ0) is 20.5. The molecule has 1 aliphatic heterocycles. The molecule has 3 aromatic rings. The van der Waals surface area contributed by atoms with Crippen LogP contribution < -0.4 is 5.32 Å². The molecule has 0 spiro atoms. The third-order valence-electron chi connectivity index (χ3n) is 4.90. The number of benzene rings is 2. The Labute approximate surface area is 166 Å². The molecule has 2 unspecified atom stereocenters. The Morgan fingerprint density at radius 1 is 1.14 bits per heavy atom. The van der Waals surface area contributed by atoms with E-state index < -0.39 is 18.0 Å². The highest BCUT2D eigenvalue weighted by molar-refractivity contribution is 6.12. The predicted octanol–water partition coefficient (Wildman–Crippen LogP) is 2.86. The van der Waals surface area contributed by atoms with Gasteiger partial charge in [0.25, 0.3) is 0 Å². The smallest absolute Gasteiger partial charge is 0.341 e. The molecule has 29 heavy (non-hydrogen) atoms. The van der Waals surface area contributed by atoms with Crippen LogP contribution in [0, 0.1) is 0 Å². The number of carboxylic acid groups (broad SMARTS) is 1. The highest BCUT2D eigenvalue weighted by Gasteiger charge is 2.36. The minimum Gasteiger partial charge on any atom is -0.507 e.